The van der Waals surface area contributed by atoms with E-state index in [1.165, 1.54) is 12.8 Å². The molecule has 0 amide bonds. The van der Waals surface area contributed by atoms with Crippen molar-refractivity contribution < 1.29 is 8.42 Å². The fourth-order valence-corrected chi connectivity index (χ4v) is 7.38. The molecular weight excluding hydrogens is 346 g/mol. The SMILES string of the molecule is O=S(=O)(CC12CCC(CC1)C2)N1CCc2c(ncn2-c2ccccc2)C1. The van der Waals surface area contributed by atoms with Crippen LogP contribution in [0.25, 0.3) is 5.69 Å². The van der Waals surface area contributed by atoms with E-state index in [4.69, 9.17) is 0 Å². The Morgan fingerprint density at radius 3 is 2.62 bits per heavy atom. The molecule has 2 fully saturated rings. The van der Waals surface area contributed by atoms with Gasteiger partial charge in [-0.2, -0.15) is 4.31 Å². The Bertz CT molecular complexity index is 912. The van der Waals surface area contributed by atoms with Gasteiger partial charge in [-0.1, -0.05) is 18.2 Å². The zero-order valence-corrected chi connectivity index (χ0v) is 15.8. The van der Waals surface area contributed by atoms with Gasteiger partial charge in [-0.3, -0.25) is 0 Å². The van der Waals surface area contributed by atoms with E-state index in [2.05, 4.69) is 21.7 Å². The smallest absolute Gasteiger partial charge is 0.215 e. The zero-order chi connectivity index (χ0) is 17.8. The van der Waals surface area contributed by atoms with Gasteiger partial charge in [0.25, 0.3) is 0 Å². The predicted molar refractivity (Wildman–Crippen MR) is 100 cm³/mol. The molecule has 0 atom stereocenters. The van der Waals surface area contributed by atoms with Gasteiger partial charge in [0.1, 0.15) is 0 Å². The monoisotopic (exact) mass is 371 g/mol. The second kappa shape index (κ2) is 5.92. The molecule has 2 aliphatic carbocycles. The van der Waals surface area contributed by atoms with Crippen LogP contribution in [0.15, 0.2) is 36.7 Å². The fourth-order valence-electron chi connectivity index (χ4n) is 5.32. The number of rotatable bonds is 4. The lowest BCUT2D eigenvalue weighted by Gasteiger charge is -2.32. The minimum absolute atomic E-state index is 0.0627. The summed E-state index contributed by atoms with van der Waals surface area (Å²) in [7, 11) is -3.22. The third-order valence-corrected chi connectivity index (χ3v) is 8.76. The number of para-hydroxylation sites is 1. The quantitative estimate of drug-likeness (QED) is 0.830. The van der Waals surface area contributed by atoms with Crippen LogP contribution in [0.5, 0.6) is 0 Å². The summed E-state index contributed by atoms with van der Waals surface area (Å²) in [6, 6.07) is 10.1. The van der Waals surface area contributed by atoms with Crippen LogP contribution >= 0.6 is 0 Å². The van der Waals surface area contributed by atoms with Crippen molar-refractivity contribution in [2.75, 3.05) is 12.3 Å². The highest BCUT2D eigenvalue weighted by Gasteiger charge is 2.48. The van der Waals surface area contributed by atoms with Gasteiger partial charge < -0.3 is 4.57 Å². The Balaban J connectivity index is 1.37. The average Bonchev–Trinajstić information content (AvgIpc) is 3.35. The molecule has 1 aromatic carbocycles. The molecular formula is C20H25N3O2S. The number of nitrogens with zero attached hydrogens (tertiary/aromatic N) is 3. The average molecular weight is 372 g/mol. The molecule has 0 saturated heterocycles. The van der Waals surface area contributed by atoms with Gasteiger partial charge in [0.2, 0.25) is 10.0 Å². The maximum atomic E-state index is 13.1. The molecule has 2 aromatic rings. The summed E-state index contributed by atoms with van der Waals surface area (Å²) in [5, 5.41) is 0. The number of hydrogen-bond donors (Lipinski definition) is 0. The Hall–Kier alpha value is -1.66. The van der Waals surface area contributed by atoms with Crippen LogP contribution in [0, 0.1) is 11.3 Å². The van der Waals surface area contributed by atoms with Crippen LogP contribution in [0.3, 0.4) is 0 Å². The van der Waals surface area contributed by atoms with Crippen LogP contribution < -0.4 is 0 Å². The lowest BCUT2D eigenvalue weighted by atomic mass is 9.87. The molecule has 0 N–H and O–H groups in total. The largest absolute Gasteiger partial charge is 0.303 e. The van der Waals surface area contributed by atoms with Gasteiger partial charge in [-0.15, -0.1) is 0 Å². The molecule has 2 saturated carbocycles. The second-order valence-corrected chi connectivity index (χ2v) is 10.3. The molecule has 5 rings (SSSR count). The summed E-state index contributed by atoms with van der Waals surface area (Å²) in [6.45, 7) is 0.977. The number of benzene rings is 1. The van der Waals surface area contributed by atoms with Crippen LogP contribution in [0.2, 0.25) is 0 Å². The van der Waals surface area contributed by atoms with Crippen LogP contribution in [0.1, 0.15) is 43.5 Å². The van der Waals surface area contributed by atoms with Crippen molar-refractivity contribution in [1.82, 2.24) is 13.9 Å². The summed E-state index contributed by atoms with van der Waals surface area (Å²) >= 11 is 0. The molecule has 2 bridgehead atoms. The first-order valence-corrected chi connectivity index (χ1v) is 11.2. The van der Waals surface area contributed by atoms with Gasteiger partial charge in [0.15, 0.2) is 0 Å². The summed E-state index contributed by atoms with van der Waals surface area (Å²) in [5.41, 5.74) is 3.19. The zero-order valence-electron chi connectivity index (χ0n) is 15.0. The van der Waals surface area contributed by atoms with Crippen molar-refractivity contribution in [3.63, 3.8) is 0 Å². The van der Waals surface area contributed by atoms with Crippen molar-refractivity contribution in [1.29, 1.82) is 0 Å². The standard InChI is InChI=1S/C20H25N3O2S/c24-26(25,14-20-9-6-16(12-20)7-10-20)22-11-8-19-18(13-22)21-15-23(19)17-4-2-1-3-5-17/h1-5,15-16H,6-14H2. The van der Waals surface area contributed by atoms with E-state index >= 15 is 0 Å². The van der Waals surface area contributed by atoms with Crippen molar-refractivity contribution in [3.8, 4) is 5.69 Å². The van der Waals surface area contributed by atoms with Crippen molar-refractivity contribution in [3.05, 3.63) is 48.0 Å². The first-order chi connectivity index (χ1) is 12.5. The Kier molecular flexibility index (Phi) is 3.76. The number of fused-ring (bicyclic) bond motifs is 3. The van der Waals surface area contributed by atoms with E-state index in [1.54, 1.807) is 4.31 Å². The second-order valence-electron chi connectivity index (χ2n) is 8.33. The maximum Gasteiger partial charge on any atom is 0.215 e. The molecule has 26 heavy (non-hydrogen) atoms. The fraction of sp³-hybridized carbons (Fsp3) is 0.550. The minimum Gasteiger partial charge on any atom is -0.303 e. The number of imidazole rings is 1. The van der Waals surface area contributed by atoms with Gasteiger partial charge >= 0.3 is 0 Å². The normalized spacial score (nSPS) is 28.4. The van der Waals surface area contributed by atoms with Crippen molar-refractivity contribution in [2.24, 2.45) is 11.3 Å². The molecule has 6 heteroatoms. The summed E-state index contributed by atoms with van der Waals surface area (Å²) < 4.78 is 30.0. The Morgan fingerprint density at radius 1 is 1.15 bits per heavy atom. The maximum absolute atomic E-state index is 13.1. The van der Waals surface area contributed by atoms with Crippen molar-refractivity contribution in [2.45, 2.75) is 45.1 Å². The third-order valence-electron chi connectivity index (χ3n) is 6.68. The summed E-state index contributed by atoms with van der Waals surface area (Å²) in [6.07, 6.45) is 8.31. The van der Waals surface area contributed by atoms with Gasteiger partial charge in [0, 0.05) is 24.3 Å². The van der Waals surface area contributed by atoms with E-state index in [1.807, 2.05) is 24.5 Å². The molecule has 5 nitrogen and oxygen atoms in total. The van der Waals surface area contributed by atoms with Gasteiger partial charge in [0.05, 0.1) is 24.3 Å². The van der Waals surface area contributed by atoms with E-state index in [-0.39, 0.29) is 5.41 Å². The third kappa shape index (κ3) is 2.70. The Labute approximate surface area is 155 Å². The topological polar surface area (TPSA) is 55.2 Å². The molecule has 1 aromatic heterocycles. The predicted octanol–water partition coefficient (Wildman–Crippen LogP) is 3.14. The lowest BCUT2D eigenvalue weighted by molar-refractivity contribution is 0.316. The minimum atomic E-state index is -3.22. The van der Waals surface area contributed by atoms with Crippen LogP contribution in [0.4, 0.5) is 0 Å². The summed E-state index contributed by atoms with van der Waals surface area (Å²) in [5.74, 6) is 1.12. The Morgan fingerprint density at radius 2 is 1.92 bits per heavy atom. The molecule has 138 valence electrons. The molecule has 0 radical (unpaired) electrons. The van der Waals surface area contributed by atoms with Crippen LogP contribution in [-0.2, 0) is 23.0 Å². The van der Waals surface area contributed by atoms with Crippen LogP contribution in [-0.4, -0.2) is 34.6 Å². The highest BCUT2D eigenvalue weighted by Crippen LogP contribution is 2.54. The molecule has 2 heterocycles. The van der Waals surface area contributed by atoms with E-state index in [0.29, 0.717) is 18.8 Å². The lowest BCUT2D eigenvalue weighted by Crippen LogP contribution is -2.41. The molecule has 3 aliphatic rings. The molecule has 0 spiro atoms. The first-order valence-electron chi connectivity index (χ1n) is 9.63. The summed E-state index contributed by atoms with van der Waals surface area (Å²) in [4.78, 5) is 4.53. The number of hydrogen-bond acceptors (Lipinski definition) is 3. The highest BCUT2D eigenvalue weighted by atomic mass is 32.2. The van der Waals surface area contributed by atoms with E-state index in [9.17, 15) is 8.42 Å². The highest BCUT2D eigenvalue weighted by molar-refractivity contribution is 7.89. The van der Waals surface area contributed by atoms with Gasteiger partial charge in [-0.25, -0.2) is 13.4 Å². The van der Waals surface area contributed by atoms with Crippen molar-refractivity contribution >= 4 is 10.0 Å². The number of sulfonamides is 1. The molecule has 1 aliphatic heterocycles. The number of aromatic nitrogens is 2. The molecule has 0 unspecified atom stereocenters. The van der Waals surface area contributed by atoms with E-state index < -0.39 is 10.0 Å². The van der Waals surface area contributed by atoms with Gasteiger partial charge in [-0.05, 0) is 55.6 Å². The first kappa shape index (κ1) is 16.5. The van der Waals surface area contributed by atoms with E-state index in [0.717, 1.165) is 48.7 Å².